The van der Waals surface area contributed by atoms with Gasteiger partial charge in [-0.1, -0.05) is 13.8 Å². The van der Waals surface area contributed by atoms with Crippen molar-refractivity contribution in [3.05, 3.63) is 47.4 Å². The average Bonchev–Trinajstić information content (AvgIpc) is 3.10. The van der Waals surface area contributed by atoms with E-state index in [1.807, 2.05) is 13.8 Å². The topological polar surface area (TPSA) is 61.6 Å². The fourth-order valence-corrected chi connectivity index (χ4v) is 2.44. The van der Waals surface area contributed by atoms with Crippen LogP contribution in [0, 0.1) is 5.82 Å². The first kappa shape index (κ1) is 14.6. The van der Waals surface area contributed by atoms with Gasteiger partial charge in [0.05, 0.1) is 0 Å². The van der Waals surface area contributed by atoms with Crippen LogP contribution in [0.3, 0.4) is 0 Å². The molecule has 2 heterocycles. The third kappa shape index (κ3) is 2.81. The molecule has 0 spiro atoms. The van der Waals surface area contributed by atoms with Crippen LogP contribution in [0.5, 0.6) is 5.75 Å². The Morgan fingerprint density at radius 3 is 3.09 bits per heavy atom. The molecule has 1 atom stereocenters. The van der Waals surface area contributed by atoms with Gasteiger partial charge in [0.25, 0.3) is 0 Å². The Kier molecular flexibility index (Phi) is 3.83. The molecule has 0 saturated carbocycles. The van der Waals surface area contributed by atoms with Crippen molar-refractivity contribution in [1.82, 2.24) is 4.98 Å². The van der Waals surface area contributed by atoms with E-state index < -0.39 is 5.97 Å². The minimum atomic E-state index is -0.539. The molecule has 6 heteroatoms. The summed E-state index contributed by atoms with van der Waals surface area (Å²) in [5.41, 5.74) is 0.974. The minimum absolute atomic E-state index is 0.0417. The van der Waals surface area contributed by atoms with Crippen molar-refractivity contribution < 1.29 is 23.1 Å². The first-order valence-electron chi connectivity index (χ1n) is 7.10. The highest BCUT2D eigenvalue weighted by atomic mass is 19.1. The Hall–Kier alpha value is -2.37. The van der Waals surface area contributed by atoms with Crippen molar-refractivity contribution in [2.75, 3.05) is 6.61 Å². The summed E-state index contributed by atoms with van der Waals surface area (Å²) in [6.07, 6.45) is 1.43. The Morgan fingerprint density at radius 2 is 2.32 bits per heavy atom. The lowest BCUT2D eigenvalue weighted by atomic mass is 10.1. The predicted octanol–water partition coefficient (Wildman–Crippen LogP) is 3.10. The van der Waals surface area contributed by atoms with Crippen LogP contribution in [0.1, 0.15) is 41.6 Å². The second-order valence-electron chi connectivity index (χ2n) is 5.51. The number of carbonyl (C=O) groups is 1. The molecule has 116 valence electrons. The van der Waals surface area contributed by atoms with Crippen molar-refractivity contribution in [2.45, 2.75) is 32.3 Å². The van der Waals surface area contributed by atoms with Gasteiger partial charge >= 0.3 is 5.97 Å². The molecule has 3 rings (SSSR count). The van der Waals surface area contributed by atoms with Crippen LogP contribution in [0.25, 0.3) is 0 Å². The number of nitrogens with zero attached hydrogens (tertiary/aromatic N) is 1. The number of halogens is 1. The predicted molar refractivity (Wildman–Crippen MR) is 75.4 cm³/mol. The molecule has 0 amide bonds. The number of oxazole rings is 1. The van der Waals surface area contributed by atoms with Gasteiger partial charge in [0.2, 0.25) is 0 Å². The summed E-state index contributed by atoms with van der Waals surface area (Å²) in [6, 6.07) is 4.37. The molecule has 0 fully saturated rings. The lowest BCUT2D eigenvalue weighted by Crippen LogP contribution is -2.23. The monoisotopic (exact) mass is 305 g/mol. The first-order valence-corrected chi connectivity index (χ1v) is 7.10. The third-order valence-electron chi connectivity index (χ3n) is 3.48. The smallest absolute Gasteiger partial charge is 0.360 e. The molecule has 5 nitrogen and oxygen atoms in total. The summed E-state index contributed by atoms with van der Waals surface area (Å²) >= 11 is 0. The van der Waals surface area contributed by atoms with Gasteiger partial charge < -0.3 is 13.9 Å². The van der Waals surface area contributed by atoms with E-state index >= 15 is 0 Å². The number of benzene rings is 1. The maximum Gasteiger partial charge on any atom is 0.360 e. The normalized spacial score (nSPS) is 16.5. The van der Waals surface area contributed by atoms with E-state index in [0.29, 0.717) is 17.9 Å². The number of hydrogen-bond acceptors (Lipinski definition) is 5. The molecule has 0 unspecified atom stereocenters. The van der Waals surface area contributed by atoms with Gasteiger partial charge in [-0.3, -0.25) is 0 Å². The highest BCUT2D eigenvalue weighted by Gasteiger charge is 2.26. The molecule has 0 bridgehead atoms. The minimum Gasteiger partial charge on any atom is -0.486 e. The zero-order valence-electron chi connectivity index (χ0n) is 12.3. The molecule has 1 aliphatic rings. The summed E-state index contributed by atoms with van der Waals surface area (Å²) in [7, 11) is 0. The van der Waals surface area contributed by atoms with Crippen molar-refractivity contribution in [3.8, 4) is 5.75 Å². The zero-order chi connectivity index (χ0) is 15.7. The molecular formula is C16H16FNO4. The van der Waals surface area contributed by atoms with E-state index in [-0.39, 0.29) is 30.1 Å². The number of rotatable bonds is 4. The quantitative estimate of drug-likeness (QED) is 0.812. The van der Waals surface area contributed by atoms with E-state index in [1.54, 1.807) is 6.07 Å². The molecule has 0 N–H and O–H groups in total. The van der Waals surface area contributed by atoms with Crippen LogP contribution in [-0.2, 0) is 11.2 Å². The van der Waals surface area contributed by atoms with Crippen LogP contribution in [0.4, 0.5) is 4.39 Å². The fraction of sp³-hybridized carbons (Fsp3) is 0.375. The van der Waals surface area contributed by atoms with Crippen molar-refractivity contribution in [1.29, 1.82) is 0 Å². The zero-order valence-corrected chi connectivity index (χ0v) is 12.3. The lowest BCUT2D eigenvalue weighted by Gasteiger charge is -2.11. The Bertz CT molecular complexity index is 695. The van der Waals surface area contributed by atoms with E-state index in [4.69, 9.17) is 13.9 Å². The van der Waals surface area contributed by atoms with Crippen LogP contribution in [-0.4, -0.2) is 23.7 Å². The summed E-state index contributed by atoms with van der Waals surface area (Å²) < 4.78 is 29.2. The Labute approximate surface area is 127 Å². The van der Waals surface area contributed by atoms with Crippen molar-refractivity contribution in [2.24, 2.45) is 0 Å². The van der Waals surface area contributed by atoms with Gasteiger partial charge in [0.15, 0.2) is 12.1 Å². The van der Waals surface area contributed by atoms with Crippen molar-refractivity contribution >= 4 is 5.97 Å². The molecule has 0 radical (unpaired) electrons. The van der Waals surface area contributed by atoms with Crippen LogP contribution in [0.15, 0.2) is 29.0 Å². The first-order chi connectivity index (χ1) is 10.5. The number of aromatic nitrogens is 1. The summed E-state index contributed by atoms with van der Waals surface area (Å²) in [5, 5.41) is 0. The largest absolute Gasteiger partial charge is 0.486 e. The van der Waals surface area contributed by atoms with E-state index in [1.165, 1.54) is 18.5 Å². The summed E-state index contributed by atoms with van der Waals surface area (Å²) in [5.74, 6) is 0.335. The Morgan fingerprint density at radius 1 is 1.50 bits per heavy atom. The standard InChI is InChI=1S/C16H16FNO4/c1-9(2)15-14(18-8-21-15)16(19)20-7-12-6-10-5-11(17)3-4-13(10)22-12/h3-5,8-9,12H,6-7H2,1-2H3/t12-/m1/s1. The van der Waals surface area contributed by atoms with Crippen LogP contribution >= 0.6 is 0 Å². The number of esters is 1. The highest BCUT2D eigenvalue weighted by Crippen LogP contribution is 2.29. The summed E-state index contributed by atoms with van der Waals surface area (Å²) in [6.45, 7) is 3.89. The maximum absolute atomic E-state index is 13.1. The van der Waals surface area contributed by atoms with Gasteiger partial charge in [-0.05, 0) is 18.2 Å². The SMILES string of the molecule is CC(C)c1ocnc1C(=O)OC[C@H]1Cc2cc(F)ccc2O1. The lowest BCUT2D eigenvalue weighted by molar-refractivity contribution is 0.0338. The van der Waals surface area contributed by atoms with Crippen LogP contribution in [0.2, 0.25) is 0 Å². The molecule has 1 aromatic heterocycles. The molecule has 22 heavy (non-hydrogen) atoms. The van der Waals surface area contributed by atoms with Gasteiger partial charge in [-0.2, -0.15) is 0 Å². The molecule has 1 aromatic carbocycles. The van der Waals surface area contributed by atoms with Gasteiger partial charge in [-0.15, -0.1) is 0 Å². The fourth-order valence-electron chi connectivity index (χ4n) is 2.44. The number of carbonyl (C=O) groups excluding carboxylic acids is 1. The van der Waals surface area contributed by atoms with Gasteiger partial charge in [0, 0.05) is 17.9 Å². The number of fused-ring (bicyclic) bond motifs is 1. The van der Waals surface area contributed by atoms with E-state index in [0.717, 1.165) is 5.56 Å². The van der Waals surface area contributed by atoms with E-state index in [2.05, 4.69) is 4.98 Å². The molecule has 0 aliphatic carbocycles. The second kappa shape index (κ2) is 5.79. The number of hydrogen-bond donors (Lipinski definition) is 0. The molecule has 1 aliphatic heterocycles. The maximum atomic E-state index is 13.1. The molecular weight excluding hydrogens is 289 g/mol. The van der Waals surface area contributed by atoms with Crippen molar-refractivity contribution in [3.63, 3.8) is 0 Å². The van der Waals surface area contributed by atoms with Gasteiger partial charge in [0.1, 0.15) is 30.0 Å². The van der Waals surface area contributed by atoms with Gasteiger partial charge in [-0.25, -0.2) is 14.2 Å². The second-order valence-corrected chi connectivity index (χ2v) is 5.51. The molecule has 2 aromatic rings. The van der Waals surface area contributed by atoms with Crippen LogP contribution < -0.4 is 4.74 Å². The highest BCUT2D eigenvalue weighted by molar-refractivity contribution is 5.88. The average molecular weight is 305 g/mol. The van der Waals surface area contributed by atoms with E-state index in [9.17, 15) is 9.18 Å². The number of ether oxygens (including phenoxy) is 2. The third-order valence-corrected chi connectivity index (χ3v) is 3.48. The Balaban J connectivity index is 1.60. The molecule has 0 saturated heterocycles. The summed E-state index contributed by atoms with van der Waals surface area (Å²) in [4.78, 5) is 16.0.